The van der Waals surface area contributed by atoms with E-state index in [4.69, 9.17) is 0 Å². The first kappa shape index (κ1) is 14.5. The third kappa shape index (κ3) is 3.34. The highest BCUT2D eigenvalue weighted by Crippen LogP contribution is 2.37. The van der Waals surface area contributed by atoms with Gasteiger partial charge in [0.15, 0.2) is 0 Å². The number of hydrogen-bond donors (Lipinski definition) is 2. The van der Waals surface area contributed by atoms with Crippen molar-refractivity contribution >= 4 is 0 Å². The maximum Gasteiger partial charge on any atom is 0.126 e. The summed E-state index contributed by atoms with van der Waals surface area (Å²) in [6.45, 7) is 4.93. The molecule has 0 amide bonds. The molecule has 1 aliphatic carbocycles. The maximum atomic E-state index is 13.6. The molecule has 0 radical (unpaired) electrons. The lowest BCUT2D eigenvalue weighted by Crippen LogP contribution is -2.40. The van der Waals surface area contributed by atoms with Gasteiger partial charge in [-0.05, 0) is 62.8 Å². The van der Waals surface area contributed by atoms with Crippen molar-refractivity contribution in [3.05, 3.63) is 35.1 Å². The van der Waals surface area contributed by atoms with E-state index in [2.05, 4.69) is 12.2 Å². The highest BCUT2D eigenvalue weighted by atomic mass is 19.1. The van der Waals surface area contributed by atoms with Crippen molar-refractivity contribution in [1.82, 2.24) is 5.32 Å². The van der Waals surface area contributed by atoms with Crippen molar-refractivity contribution in [2.45, 2.75) is 57.6 Å². The highest BCUT2D eigenvalue weighted by Gasteiger charge is 2.34. The van der Waals surface area contributed by atoms with Gasteiger partial charge in [0.25, 0.3) is 0 Å². The molecule has 2 N–H and O–H groups in total. The van der Waals surface area contributed by atoms with Crippen LogP contribution in [0.5, 0.6) is 0 Å². The van der Waals surface area contributed by atoms with Crippen LogP contribution in [0.2, 0.25) is 0 Å². The Morgan fingerprint density at radius 1 is 1.37 bits per heavy atom. The number of hydrogen-bond acceptors (Lipinski definition) is 2. The molecule has 1 aromatic rings. The number of aryl methyl sites for hydroxylation is 1. The average molecular weight is 265 g/mol. The fraction of sp³-hybridized carbons (Fsp3) is 0.625. The molecule has 0 heterocycles. The van der Waals surface area contributed by atoms with Crippen molar-refractivity contribution < 1.29 is 9.50 Å². The van der Waals surface area contributed by atoms with Gasteiger partial charge in [-0.25, -0.2) is 4.39 Å². The first-order chi connectivity index (χ1) is 9.05. The van der Waals surface area contributed by atoms with Crippen LogP contribution in [0.4, 0.5) is 4.39 Å². The molecular weight excluding hydrogens is 241 g/mol. The summed E-state index contributed by atoms with van der Waals surface area (Å²) in [5, 5.41) is 14.2. The molecule has 1 aromatic carbocycles. The molecular formula is C16H24FNO. The first-order valence-corrected chi connectivity index (χ1v) is 7.27. The summed E-state index contributed by atoms with van der Waals surface area (Å²) in [6, 6.07) is 5.60. The van der Waals surface area contributed by atoms with Crippen LogP contribution in [-0.2, 0) is 5.60 Å². The summed E-state index contributed by atoms with van der Waals surface area (Å²) in [7, 11) is 0. The van der Waals surface area contributed by atoms with Crippen molar-refractivity contribution in [1.29, 1.82) is 0 Å². The first-order valence-electron chi connectivity index (χ1n) is 7.27. The lowest BCUT2D eigenvalue weighted by molar-refractivity contribution is -0.00852. The molecule has 1 aliphatic rings. The molecule has 0 bridgehead atoms. The Kier molecular flexibility index (Phi) is 4.58. The zero-order valence-electron chi connectivity index (χ0n) is 11.9. The van der Waals surface area contributed by atoms with Gasteiger partial charge in [0, 0.05) is 6.04 Å². The van der Waals surface area contributed by atoms with Gasteiger partial charge in [0.05, 0.1) is 5.60 Å². The third-order valence-electron chi connectivity index (χ3n) is 4.20. The van der Waals surface area contributed by atoms with Gasteiger partial charge in [-0.3, -0.25) is 0 Å². The second-order valence-electron chi connectivity index (χ2n) is 5.72. The van der Waals surface area contributed by atoms with Crippen molar-refractivity contribution in [3.8, 4) is 0 Å². The van der Waals surface area contributed by atoms with E-state index in [1.807, 2.05) is 6.07 Å². The maximum absolute atomic E-state index is 13.6. The van der Waals surface area contributed by atoms with Crippen LogP contribution in [0.25, 0.3) is 0 Å². The fourth-order valence-corrected chi connectivity index (χ4v) is 2.82. The Bertz CT molecular complexity index is 425. The van der Waals surface area contributed by atoms with E-state index < -0.39 is 5.60 Å². The van der Waals surface area contributed by atoms with E-state index in [0.29, 0.717) is 24.4 Å². The van der Waals surface area contributed by atoms with Crippen LogP contribution in [0, 0.1) is 12.7 Å². The second kappa shape index (κ2) is 6.02. The van der Waals surface area contributed by atoms with Gasteiger partial charge in [-0.2, -0.15) is 0 Å². The lowest BCUT2D eigenvalue weighted by Gasteiger charge is -2.37. The Morgan fingerprint density at radius 3 is 2.63 bits per heavy atom. The number of nitrogens with one attached hydrogen (secondary N) is 1. The Hall–Kier alpha value is -0.930. The second-order valence-corrected chi connectivity index (χ2v) is 5.72. The molecule has 3 heteroatoms. The number of halogens is 1. The van der Waals surface area contributed by atoms with E-state index >= 15 is 0 Å². The van der Waals surface area contributed by atoms with Crippen LogP contribution in [-0.4, -0.2) is 17.7 Å². The zero-order valence-corrected chi connectivity index (χ0v) is 11.9. The summed E-state index contributed by atoms with van der Waals surface area (Å²) in [5.41, 5.74) is 0.508. The molecule has 0 spiro atoms. The fourth-order valence-electron chi connectivity index (χ4n) is 2.82. The molecule has 0 aliphatic heterocycles. The summed E-state index contributed by atoms with van der Waals surface area (Å²) >= 11 is 0. The van der Waals surface area contributed by atoms with Gasteiger partial charge in [-0.15, -0.1) is 0 Å². The van der Waals surface area contributed by atoms with Crippen LogP contribution in [0.3, 0.4) is 0 Å². The predicted molar refractivity (Wildman–Crippen MR) is 75.6 cm³/mol. The summed E-state index contributed by atoms with van der Waals surface area (Å²) in [5.74, 6) is -0.225. The van der Waals surface area contributed by atoms with E-state index in [1.54, 1.807) is 13.0 Å². The minimum atomic E-state index is -0.848. The molecule has 0 atom stereocenters. The Labute approximate surface area is 115 Å². The van der Waals surface area contributed by atoms with Crippen LogP contribution in [0.1, 0.15) is 50.2 Å². The van der Waals surface area contributed by atoms with Gasteiger partial charge >= 0.3 is 0 Å². The summed E-state index contributed by atoms with van der Waals surface area (Å²) in [6.07, 6.45) is 4.44. The standard InChI is InChI=1S/C16H24FNO/c1-3-10-18-14-6-8-16(19,9-7-14)13-5-4-12(2)15(17)11-13/h4-5,11,14,18-19H,3,6-10H2,1-2H3. The summed E-state index contributed by atoms with van der Waals surface area (Å²) < 4.78 is 13.6. The normalized spacial score (nSPS) is 27.5. The van der Waals surface area contributed by atoms with Crippen LogP contribution in [0.15, 0.2) is 18.2 Å². The third-order valence-corrected chi connectivity index (χ3v) is 4.20. The molecule has 19 heavy (non-hydrogen) atoms. The molecule has 1 fully saturated rings. The minimum absolute atomic E-state index is 0.225. The predicted octanol–water partition coefficient (Wildman–Crippen LogP) is 3.26. The van der Waals surface area contributed by atoms with Gasteiger partial charge in [-0.1, -0.05) is 19.1 Å². The molecule has 1 saturated carbocycles. The molecule has 2 rings (SSSR count). The average Bonchev–Trinajstić information content (AvgIpc) is 2.41. The molecule has 106 valence electrons. The zero-order chi connectivity index (χ0) is 13.9. The SMILES string of the molecule is CCCNC1CCC(O)(c2ccc(C)c(F)c2)CC1. The Balaban J connectivity index is 2.02. The topological polar surface area (TPSA) is 32.3 Å². The smallest absolute Gasteiger partial charge is 0.126 e. The van der Waals surface area contributed by atoms with E-state index in [9.17, 15) is 9.50 Å². The van der Waals surface area contributed by atoms with E-state index in [-0.39, 0.29) is 5.82 Å². The van der Waals surface area contributed by atoms with Crippen molar-refractivity contribution in [2.75, 3.05) is 6.54 Å². The molecule has 0 aromatic heterocycles. The van der Waals surface area contributed by atoms with Gasteiger partial charge in [0.2, 0.25) is 0 Å². The van der Waals surface area contributed by atoms with E-state index in [0.717, 1.165) is 31.4 Å². The van der Waals surface area contributed by atoms with Crippen molar-refractivity contribution in [3.63, 3.8) is 0 Å². The summed E-state index contributed by atoms with van der Waals surface area (Å²) in [4.78, 5) is 0. The van der Waals surface area contributed by atoms with Crippen molar-refractivity contribution in [2.24, 2.45) is 0 Å². The molecule has 2 nitrogen and oxygen atoms in total. The Morgan fingerprint density at radius 2 is 2.05 bits per heavy atom. The van der Waals surface area contributed by atoms with Crippen LogP contribution < -0.4 is 5.32 Å². The highest BCUT2D eigenvalue weighted by molar-refractivity contribution is 5.28. The lowest BCUT2D eigenvalue weighted by atomic mass is 9.77. The quantitative estimate of drug-likeness (QED) is 0.875. The van der Waals surface area contributed by atoms with Gasteiger partial charge in [0.1, 0.15) is 5.82 Å². The minimum Gasteiger partial charge on any atom is -0.385 e. The molecule has 0 saturated heterocycles. The van der Waals surface area contributed by atoms with Gasteiger partial charge < -0.3 is 10.4 Å². The number of benzene rings is 1. The molecule has 0 unspecified atom stereocenters. The monoisotopic (exact) mass is 265 g/mol. The number of rotatable bonds is 4. The van der Waals surface area contributed by atoms with E-state index in [1.165, 1.54) is 6.07 Å². The number of aliphatic hydroxyl groups is 1. The largest absolute Gasteiger partial charge is 0.385 e. The van der Waals surface area contributed by atoms with Crippen LogP contribution >= 0.6 is 0 Å².